The number of anilines is 1. The average molecular weight is 401 g/mol. The molecule has 1 heterocycles. The highest BCUT2D eigenvalue weighted by Gasteiger charge is 2.36. The third kappa shape index (κ3) is 3.93. The van der Waals surface area contributed by atoms with Crippen molar-refractivity contribution >= 4 is 34.9 Å². The maximum atomic E-state index is 13.3. The molecule has 0 fully saturated rings. The van der Waals surface area contributed by atoms with Crippen molar-refractivity contribution in [3.63, 3.8) is 0 Å². The van der Waals surface area contributed by atoms with Crippen LogP contribution in [0.4, 0.5) is 5.69 Å². The van der Waals surface area contributed by atoms with E-state index in [-0.39, 0.29) is 12.5 Å². The van der Waals surface area contributed by atoms with Gasteiger partial charge in [0.1, 0.15) is 6.54 Å². The number of nitrogens with zero attached hydrogens (tertiary/aromatic N) is 2. The van der Waals surface area contributed by atoms with E-state index in [2.05, 4.69) is 0 Å². The maximum absolute atomic E-state index is 13.3. The first-order valence-electron chi connectivity index (χ1n) is 8.80. The summed E-state index contributed by atoms with van der Waals surface area (Å²) in [6, 6.07) is 13.9. The van der Waals surface area contributed by atoms with Crippen molar-refractivity contribution in [2.45, 2.75) is 19.1 Å². The number of ether oxygens (including phenoxy) is 2. The van der Waals surface area contributed by atoms with Gasteiger partial charge in [-0.3, -0.25) is 19.5 Å². The number of rotatable bonds is 5. The van der Waals surface area contributed by atoms with Gasteiger partial charge in [0, 0.05) is 23.3 Å². The van der Waals surface area contributed by atoms with Crippen molar-refractivity contribution in [3.05, 3.63) is 64.7 Å². The van der Waals surface area contributed by atoms with Crippen LogP contribution in [0.15, 0.2) is 53.5 Å². The average Bonchev–Trinajstić information content (AvgIpc) is 2.83. The predicted octanol–water partition coefficient (Wildman–Crippen LogP) is 3.10. The summed E-state index contributed by atoms with van der Waals surface area (Å²) in [6.45, 7) is 1.54. The lowest BCUT2D eigenvalue weighted by molar-refractivity contribution is -0.140. The maximum Gasteiger partial charge on any atom is 0.325 e. The monoisotopic (exact) mass is 400 g/mol. The first-order chi connectivity index (χ1) is 13.5. The summed E-state index contributed by atoms with van der Waals surface area (Å²) in [7, 11) is 2.81. The van der Waals surface area contributed by atoms with Crippen LogP contribution in [0.3, 0.4) is 0 Å². The zero-order valence-electron chi connectivity index (χ0n) is 15.9. The minimum atomic E-state index is -0.823. The van der Waals surface area contributed by atoms with Crippen molar-refractivity contribution in [2.75, 3.05) is 25.7 Å². The van der Waals surface area contributed by atoms with Crippen LogP contribution in [-0.4, -0.2) is 50.5 Å². The van der Waals surface area contributed by atoms with Crippen LogP contribution in [-0.2, 0) is 19.1 Å². The molecular formula is C21H21ClN2O4. The van der Waals surface area contributed by atoms with Crippen LogP contribution in [0, 0.1) is 0 Å². The first-order valence-corrected chi connectivity index (χ1v) is 9.18. The molecule has 0 aromatic heterocycles. The first kappa shape index (κ1) is 20.0. The highest BCUT2D eigenvalue weighted by molar-refractivity contribution is 6.32. The fourth-order valence-electron chi connectivity index (χ4n) is 3.09. The Kier molecular flexibility index (Phi) is 6.11. The number of benzene rings is 2. The molecule has 146 valence electrons. The lowest BCUT2D eigenvalue weighted by Crippen LogP contribution is -2.45. The van der Waals surface area contributed by atoms with Gasteiger partial charge in [-0.05, 0) is 25.1 Å². The van der Waals surface area contributed by atoms with E-state index < -0.39 is 18.1 Å². The molecule has 6 nitrogen and oxygen atoms in total. The van der Waals surface area contributed by atoms with Crippen molar-refractivity contribution in [1.29, 1.82) is 0 Å². The zero-order valence-corrected chi connectivity index (χ0v) is 16.6. The van der Waals surface area contributed by atoms with Crippen molar-refractivity contribution in [1.82, 2.24) is 0 Å². The molecular weight excluding hydrogens is 380 g/mol. The lowest BCUT2D eigenvalue weighted by Gasteiger charge is -2.26. The molecule has 0 saturated heterocycles. The number of aliphatic imine (C=N–C) groups is 1. The smallest absolute Gasteiger partial charge is 0.325 e. The Hall–Kier alpha value is -2.70. The van der Waals surface area contributed by atoms with Gasteiger partial charge in [0.25, 0.3) is 5.91 Å². The van der Waals surface area contributed by atoms with Gasteiger partial charge in [0.15, 0.2) is 6.04 Å². The number of amides is 1. The molecule has 0 aliphatic carbocycles. The normalized spacial score (nSPS) is 17.4. The van der Waals surface area contributed by atoms with E-state index in [4.69, 9.17) is 26.1 Å². The molecule has 0 radical (unpaired) electrons. The number of carbonyl (C=O) groups excluding carboxylic acids is 2. The minimum Gasteiger partial charge on any atom is -0.468 e. The Labute approximate surface area is 168 Å². The van der Waals surface area contributed by atoms with E-state index in [9.17, 15) is 9.59 Å². The molecule has 0 bridgehead atoms. The number of hydrogen-bond donors (Lipinski definition) is 0. The summed E-state index contributed by atoms with van der Waals surface area (Å²) < 4.78 is 10.2. The fourth-order valence-corrected chi connectivity index (χ4v) is 3.27. The molecule has 2 atom stereocenters. The van der Waals surface area contributed by atoms with E-state index in [1.54, 1.807) is 25.1 Å². The van der Waals surface area contributed by atoms with Gasteiger partial charge in [-0.1, -0.05) is 41.9 Å². The quantitative estimate of drug-likeness (QED) is 0.723. The van der Waals surface area contributed by atoms with Gasteiger partial charge in [-0.2, -0.15) is 0 Å². The molecule has 1 aliphatic heterocycles. The predicted molar refractivity (Wildman–Crippen MR) is 108 cm³/mol. The molecule has 1 amide bonds. The summed E-state index contributed by atoms with van der Waals surface area (Å²) in [5.74, 6) is -0.865. The lowest BCUT2D eigenvalue weighted by atomic mass is 10.00. The summed E-state index contributed by atoms with van der Waals surface area (Å²) in [5, 5.41) is 0.506. The molecule has 28 heavy (non-hydrogen) atoms. The van der Waals surface area contributed by atoms with Gasteiger partial charge >= 0.3 is 5.97 Å². The molecule has 0 unspecified atom stereocenters. The molecule has 0 N–H and O–H groups in total. The van der Waals surface area contributed by atoms with Crippen molar-refractivity contribution < 1.29 is 19.1 Å². The standard InChI is InChI=1S/C21H21ClN2O4/c1-13(27-2)19-21(26)24(12-18(25)28-3)17-10-9-15(22)11-16(17)20(23-19)14-7-5-4-6-8-14/h4-11,13,19H,12H2,1-3H3/t13-,19+/m1/s1. The van der Waals surface area contributed by atoms with E-state index in [1.807, 2.05) is 30.3 Å². The number of esters is 1. The van der Waals surface area contributed by atoms with Crippen LogP contribution < -0.4 is 4.90 Å². The summed E-state index contributed by atoms with van der Waals surface area (Å²) in [5.41, 5.74) is 2.68. The fraction of sp³-hybridized carbons (Fsp3) is 0.286. The Morgan fingerprint density at radius 3 is 2.57 bits per heavy atom. The highest BCUT2D eigenvalue weighted by Crippen LogP contribution is 2.32. The number of benzodiazepines with no additional fused rings is 1. The van der Waals surface area contributed by atoms with Gasteiger partial charge in [-0.15, -0.1) is 0 Å². The van der Waals surface area contributed by atoms with Gasteiger partial charge < -0.3 is 9.47 Å². The van der Waals surface area contributed by atoms with E-state index in [0.29, 0.717) is 22.0 Å². The van der Waals surface area contributed by atoms with Gasteiger partial charge in [0.2, 0.25) is 0 Å². The molecule has 7 heteroatoms. The second kappa shape index (κ2) is 8.54. The second-order valence-electron chi connectivity index (χ2n) is 6.39. The van der Waals surface area contributed by atoms with E-state index >= 15 is 0 Å². The number of fused-ring (bicyclic) bond motifs is 1. The largest absolute Gasteiger partial charge is 0.468 e. The third-order valence-electron chi connectivity index (χ3n) is 4.67. The van der Waals surface area contributed by atoms with E-state index in [0.717, 1.165) is 5.56 Å². The Morgan fingerprint density at radius 2 is 1.93 bits per heavy atom. The highest BCUT2D eigenvalue weighted by atomic mass is 35.5. The molecule has 2 aromatic carbocycles. The van der Waals surface area contributed by atoms with Gasteiger partial charge in [0.05, 0.1) is 24.6 Å². The number of carbonyl (C=O) groups is 2. The second-order valence-corrected chi connectivity index (χ2v) is 6.83. The van der Waals surface area contributed by atoms with Crippen LogP contribution in [0.25, 0.3) is 0 Å². The zero-order chi connectivity index (χ0) is 20.3. The molecule has 2 aromatic rings. The van der Waals surface area contributed by atoms with Crippen LogP contribution in [0.1, 0.15) is 18.1 Å². The summed E-state index contributed by atoms with van der Waals surface area (Å²) >= 11 is 6.25. The Balaban J connectivity index is 2.25. The Bertz CT molecular complexity index is 914. The minimum absolute atomic E-state index is 0.228. The molecule has 3 rings (SSSR count). The summed E-state index contributed by atoms with van der Waals surface area (Å²) in [4.78, 5) is 31.5. The van der Waals surface area contributed by atoms with Gasteiger partial charge in [-0.25, -0.2) is 0 Å². The number of methoxy groups -OCH3 is 2. The molecule has 1 aliphatic rings. The molecule has 0 spiro atoms. The Morgan fingerprint density at radius 1 is 1.21 bits per heavy atom. The van der Waals surface area contributed by atoms with Crippen molar-refractivity contribution in [2.24, 2.45) is 4.99 Å². The summed E-state index contributed by atoms with van der Waals surface area (Å²) in [6.07, 6.45) is -0.490. The SMILES string of the molecule is COC(=O)CN1C(=O)[C@H]([C@@H](C)OC)N=C(c2ccccc2)c2cc(Cl)ccc21. The number of hydrogen-bond acceptors (Lipinski definition) is 5. The van der Waals surface area contributed by atoms with Crippen molar-refractivity contribution in [3.8, 4) is 0 Å². The van der Waals surface area contributed by atoms with Crippen LogP contribution in [0.5, 0.6) is 0 Å². The van der Waals surface area contributed by atoms with Crippen LogP contribution in [0.2, 0.25) is 5.02 Å². The topological polar surface area (TPSA) is 68.2 Å². The van der Waals surface area contributed by atoms with E-state index in [1.165, 1.54) is 19.1 Å². The van der Waals surface area contributed by atoms with Crippen LogP contribution >= 0.6 is 11.6 Å². The molecule has 0 saturated carbocycles. The number of halogens is 1. The third-order valence-corrected chi connectivity index (χ3v) is 4.91.